The normalized spacial score (nSPS) is 15.4. The Bertz CT molecular complexity index is 1600. The first-order valence-electron chi connectivity index (χ1n) is 11.1. The molecule has 1 aromatic heterocycles. The Hall–Kier alpha value is -4.37. The predicted molar refractivity (Wildman–Crippen MR) is 139 cm³/mol. The number of Topliss-reactive ketones (excluding diaryl/α,β-unsaturated/α-hetero) is 1. The smallest absolute Gasteiger partial charge is 0.337 e. The van der Waals surface area contributed by atoms with E-state index < -0.39 is 29.5 Å². The maximum Gasteiger partial charge on any atom is 0.337 e. The van der Waals surface area contributed by atoms with Gasteiger partial charge in [0.25, 0.3) is 5.91 Å². The van der Waals surface area contributed by atoms with Crippen LogP contribution in [0.1, 0.15) is 32.5 Å². The quantitative estimate of drug-likeness (QED) is 0.235. The first-order valence-corrected chi connectivity index (χ1v) is 11.9. The molecule has 0 spiro atoms. The van der Waals surface area contributed by atoms with Gasteiger partial charge in [0.05, 0.1) is 31.4 Å². The van der Waals surface area contributed by atoms with Crippen LogP contribution in [0.5, 0.6) is 5.75 Å². The van der Waals surface area contributed by atoms with Crippen molar-refractivity contribution in [2.75, 3.05) is 19.1 Å². The molecule has 8 nitrogen and oxygen atoms in total. The fourth-order valence-corrected chi connectivity index (χ4v) is 4.77. The van der Waals surface area contributed by atoms with Gasteiger partial charge in [0.1, 0.15) is 11.3 Å². The summed E-state index contributed by atoms with van der Waals surface area (Å²) < 4.78 is 16.8. The Morgan fingerprint density at radius 3 is 2.54 bits per heavy atom. The molecule has 0 saturated carbocycles. The highest BCUT2D eigenvalue weighted by atomic mass is 79.9. The zero-order chi connectivity index (χ0) is 26.3. The van der Waals surface area contributed by atoms with E-state index in [2.05, 4.69) is 15.9 Å². The number of fused-ring (bicyclic) bond motifs is 1. The zero-order valence-corrected chi connectivity index (χ0v) is 21.3. The highest BCUT2D eigenvalue weighted by Crippen LogP contribution is 2.43. The molecule has 1 aliphatic heterocycles. The van der Waals surface area contributed by atoms with E-state index in [1.165, 1.54) is 25.2 Å². The number of esters is 1. The topological polar surface area (TPSA) is 106 Å². The van der Waals surface area contributed by atoms with E-state index in [9.17, 15) is 19.5 Å². The van der Waals surface area contributed by atoms with Crippen LogP contribution >= 0.6 is 15.9 Å². The fourth-order valence-electron chi connectivity index (χ4n) is 4.39. The number of ketones is 1. The second kappa shape index (κ2) is 9.59. The van der Waals surface area contributed by atoms with Gasteiger partial charge >= 0.3 is 5.97 Å². The third-order valence-corrected chi connectivity index (χ3v) is 6.60. The Balaban J connectivity index is 1.67. The highest BCUT2D eigenvalue weighted by molar-refractivity contribution is 9.10. The Morgan fingerprint density at radius 2 is 1.78 bits per heavy atom. The maximum atomic E-state index is 13.8. The summed E-state index contributed by atoms with van der Waals surface area (Å²) in [7, 11) is 2.76. The van der Waals surface area contributed by atoms with Gasteiger partial charge in [-0.25, -0.2) is 4.79 Å². The molecule has 0 saturated heterocycles. The maximum absolute atomic E-state index is 13.8. The molecule has 37 heavy (non-hydrogen) atoms. The zero-order valence-electron chi connectivity index (χ0n) is 19.7. The Morgan fingerprint density at radius 1 is 1.00 bits per heavy atom. The van der Waals surface area contributed by atoms with Gasteiger partial charge in [-0.3, -0.25) is 14.5 Å². The number of halogens is 1. The Labute approximate surface area is 219 Å². The van der Waals surface area contributed by atoms with Gasteiger partial charge in [0, 0.05) is 15.5 Å². The number of furan rings is 1. The molecule has 1 amide bonds. The molecule has 1 N–H and O–H groups in total. The molecule has 0 fully saturated rings. The second-order valence-corrected chi connectivity index (χ2v) is 9.20. The number of methoxy groups -OCH3 is 2. The number of aliphatic hydroxyl groups excluding tert-OH is 1. The largest absolute Gasteiger partial charge is 0.503 e. The number of hydrogen-bond donors (Lipinski definition) is 1. The number of anilines is 1. The van der Waals surface area contributed by atoms with E-state index in [4.69, 9.17) is 13.9 Å². The lowest BCUT2D eigenvalue weighted by molar-refractivity contribution is -0.117. The van der Waals surface area contributed by atoms with Crippen molar-refractivity contribution in [1.82, 2.24) is 0 Å². The molecule has 0 aliphatic carbocycles. The minimum Gasteiger partial charge on any atom is -0.503 e. The number of amides is 1. The van der Waals surface area contributed by atoms with E-state index in [1.807, 2.05) is 0 Å². The summed E-state index contributed by atoms with van der Waals surface area (Å²) >= 11 is 3.40. The molecule has 5 rings (SSSR count). The van der Waals surface area contributed by atoms with Crippen LogP contribution in [0.4, 0.5) is 5.69 Å². The first-order chi connectivity index (χ1) is 17.8. The van der Waals surface area contributed by atoms with Gasteiger partial charge in [-0.1, -0.05) is 34.1 Å². The average Bonchev–Trinajstić information content (AvgIpc) is 3.46. The summed E-state index contributed by atoms with van der Waals surface area (Å²) in [4.78, 5) is 40.6. The van der Waals surface area contributed by atoms with Gasteiger partial charge in [-0.2, -0.15) is 0 Å². The van der Waals surface area contributed by atoms with E-state index in [0.717, 1.165) is 4.47 Å². The molecule has 4 aromatic rings. The standard InChI is InChI=1S/C28H20BrNO7/c1-35-20-8-4-5-15(13-20)24-23(25(31)22-14-17-11-18(29)9-10-21(17)37-22)26(32)27(33)30(24)19-7-3-6-16(12-19)28(34)36-2/h3-14,24,32H,1-2H3. The summed E-state index contributed by atoms with van der Waals surface area (Å²) in [6.07, 6.45) is 0. The Kier molecular flexibility index (Phi) is 6.31. The monoisotopic (exact) mass is 561 g/mol. The summed E-state index contributed by atoms with van der Waals surface area (Å²) in [6.45, 7) is 0. The van der Waals surface area contributed by atoms with Gasteiger partial charge in [0.15, 0.2) is 11.5 Å². The van der Waals surface area contributed by atoms with Crippen LogP contribution in [0.2, 0.25) is 0 Å². The number of carbonyl (C=O) groups excluding carboxylic acids is 3. The third kappa shape index (κ3) is 4.27. The molecule has 1 unspecified atom stereocenters. The van der Waals surface area contributed by atoms with Crippen molar-refractivity contribution >= 4 is 50.2 Å². The number of aliphatic hydroxyl groups is 1. The fraction of sp³-hybridized carbons (Fsp3) is 0.107. The summed E-state index contributed by atoms with van der Waals surface area (Å²) in [5.41, 5.74) is 1.35. The van der Waals surface area contributed by atoms with Crippen LogP contribution < -0.4 is 9.64 Å². The summed E-state index contributed by atoms with van der Waals surface area (Å²) in [6, 6.07) is 18.9. The second-order valence-electron chi connectivity index (χ2n) is 8.28. The minimum absolute atomic E-state index is 0.0273. The van der Waals surface area contributed by atoms with Crippen LogP contribution in [0, 0.1) is 0 Å². The number of nitrogens with zero attached hydrogens (tertiary/aromatic N) is 1. The van der Waals surface area contributed by atoms with Crippen molar-refractivity contribution in [3.8, 4) is 5.75 Å². The molecule has 186 valence electrons. The van der Waals surface area contributed by atoms with Gasteiger partial charge < -0.3 is 19.0 Å². The molecular formula is C28H20BrNO7. The molecule has 9 heteroatoms. The van der Waals surface area contributed by atoms with Crippen LogP contribution in [0.25, 0.3) is 11.0 Å². The van der Waals surface area contributed by atoms with E-state index in [0.29, 0.717) is 28.0 Å². The van der Waals surface area contributed by atoms with Crippen molar-refractivity contribution in [2.24, 2.45) is 0 Å². The van der Waals surface area contributed by atoms with Crippen molar-refractivity contribution in [2.45, 2.75) is 6.04 Å². The number of benzene rings is 3. The third-order valence-electron chi connectivity index (χ3n) is 6.11. The van der Waals surface area contributed by atoms with Crippen molar-refractivity contribution in [3.05, 3.63) is 105 Å². The van der Waals surface area contributed by atoms with E-state index in [-0.39, 0.29) is 16.9 Å². The molecule has 0 bridgehead atoms. The minimum atomic E-state index is -1.03. The number of rotatable bonds is 6. The van der Waals surface area contributed by atoms with Crippen LogP contribution in [0.3, 0.4) is 0 Å². The van der Waals surface area contributed by atoms with E-state index >= 15 is 0 Å². The average molecular weight is 562 g/mol. The van der Waals surface area contributed by atoms with Crippen molar-refractivity contribution in [1.29, 1.82) is 0 Å². The van der Waals surface area contributed by atoms with E-state index in [1.54, 1.807) is 66.7 Å². The van der Waals surface area contributed by atoms with Gasteiger partial charge in [0.2, 0.25) is 5.78 Å². The molecule has 0 radical (unpaired) electrons. The molecule has 1 aliphatic rings. The first kappa shape index (κ1) is 24.3. The van der Waals surface area contributed by atoms with Crippen molar-refractivity contribution in [3.63, 3.8) is 0 Å². The molecule has 3 aromatic carbocycles. The summed E-state index contributed by atoms with van der Waals surface area (Å²) in [5.74, 6) is -2.26. The number of hydrogen-bond acceptors (Lipinski definition) is 7. The molecule has 2 heterocycles. The lowest BCUT2D eigenvalue weighted by atomic mass is 9.94. The van der Waals surface area contributed by atoms with Crippen LogP contribution in [-0.2, 0) is 9.53 Å². The number of ether oxygens (including phenoxy) is 2. The highest BCUT2D eigenvalue weighted by Gasteiger charge is 2.45. The van der Waals surface area contributed by atoms with Gasteiger partial charge in [-0.05, 0) is 60.2 Å². The van der Waals surface area contributed by atoms with Gasteiger partial charge in [-0.15, -0.1) is 0 Å². The lowest BCUT2D eigenvalue weighted by Gasteiger charge is -2.27. The van der Waals surface area contributed by atoms with Crippen LogP contribution in [-0.4, -0.2) is 37.0 Å². The predicted octanol–water partition coefficient (Wildman–Crippen LogP) is 5.77. The summed E-state index contributed by atoms with van der Waals surface area (Å²) in [5, 5.41) is 11.7. The molecule has 1 atom stereocenters. The lowest BCUT2D eigenvalue weighted by Crippen LogP contribution is -2.31. The number of carbonyl (C=O) groups is 3. The van der Waals surface area contributed by atoms with Crippen LogP contribution in [0.15, 0.2) is 93.0 Å². The SMILES string of the molecule is COC(=O)c1cccc(N2C(=O)C(O)=C(C(=O)c3cc4cc(Br)ccc4o3)C2c2cccc(OC)c2)c1. The van der Waals surface area contributed by atoms with Crippen molar-refractivity contribution < 1.29 is 33.4 Å². The molecular weight excluding hydrogens is 542 g/mol.